The number of likely N-dealkylation sites (N-methyl/N-ethyl adjacent to an activating group) is 1. The van der Waals surface area contributed by atoms with Gasteiger partial charge in [0.1, 0.15) is 17.7 Å². The molecule has 4 amide bonds. The van der Waals surface area contributed by atoms with E-state index in [9.17, 15) is 19.2 Å². The number of piperazine rings is 1. The Morgan fingerprint density at radius 3 is 2.27 bits per heavy atom. The van der Waals surface area contributed by atoms with E-state index in [-0.39, 0.29) is 23.6 Å². The summed E-state index contributed by atoms with van der Waals surface area (Å²) in [5.41, 5.74) is 1.99. The highest BCUT2D eigenvalue weighted by molar-refractivity contribution is 5.98. The summed E-state index contributed by atoms with van der Waals surface area (Å²) in [6, 6.07) is 6.21. The van der Waals surface area contributed by atoms with Gasteiger partial charge >= 0.3 is 6.09 Å². The van der Waals surface area contributed by atoms with Crippen molar-refractivity contribution in [3.05, 3.63) is 35.5 Å². The summed E-state index contributed by atoms with van der Waals surface area (Å²) in [5, 5.41) is 4.00. The molecule has 2 aliphatic rings. The van der Waals surface area contributed by atoms with Crippen molar-refractivity contribution in [2.24, 2.45) is 5.92 Å². The number of aryl methyl sites for hydroxylation is 1. The number of nitrogens with one attached hydrogen (secondary N) is 2. The summed E-state index contributed by atoms with van der Waals surface area (Å²) < 4.78 is 5.42. The van der Waals surface area contributed by atoms with E-state index in [0.29, 0.717) is 31.7 Å². The van der Waals surface area contributed by atoms with E-state index in [1.54, 1.807) is 37.5 Å². The Hall–Kier alpha value is -3.56. The summed E-state index contributed by atoms with van der Waals surface area (Å²) >= 11 is 0. The van der Waals surface area contributed by atoms with Gasteiger partial charge in [0.2, 0.25) is 11.8 Å². The van der Waals surface area contributed by atoms with Gasteiger partial charge in [-0.2, -0.15) is 0 Å². The summed E-state index contributed by atoms with van der Waals surface area (Å²) in [6.45, 7) is 10.6. The van der Waals surface area contributed by atoms with Gasteiger partial charge in [-0.15, -0.1) is 0 Å². The van der Waals surface area contributed by atoms with Gasteiger partial charge in [0.05, 0.1) is 0 Å². The molecule has 2 fully saturated rings. The molecule has 1 aliphatic carbocycles. The molecule has 1 saturated heterocycles. The van der Waals surface area contributed by atoms with Gasteiger partial charge in [-0.05, 0) is 77.6 Å². The maximum atomic E-state index is 13.8. The Balaban J connectivity index is 1.40. The zero-order chi connectivity index (χ0) is 29.9. The number of H-pyrrole nitrogens is 1. The van der Waals surface area contributed by atoms with Gasteiger partial charge in [0, 0.05) is 55.4 Å². The van der Waals surface area contributed by atoms with Crippen LogP contribution in [-0.4, -0.2) is 94.4 Å². The highest BCUT2D eigenvalue weighted by Gasteiger charge is 2.37. The van der Waals surface area contributed by atoms with Gasteiger partial charge in [0.15, 0.2) is 0 Å². The van der Waals surface area contributed by atoms with Crippen molar-refractivity contribution < 1.29 is 23.9 Å². The number of carbonyl (C=O) groups excluding carboxylic acids is 4. The lowest BCUT2D eigenvalue weighted by atomic mass is 9.83. The molecule has 0 spiro atoms. The fourth-order valence-electron chi connectivity index (χ4n) is 5.71. The summed E-state index contributed by atoms with van der Waals surface area (Å²) in [4.78, 5) is 61.0. The van der Waals surface area contributed by atoms with E-state index in [1.165, 1.54) is 11.9 Å². The standard InChI is InChI=1S/C31H45N5O5/c1-20-18-24-19-23(12-13-25(24)32-20)28(38)35-14-16-36(17-15-35)29(39)26(22-10-8-7-9-11-22)33-27(37)21(2)34(6)30(40)41-31(3,4)5/h12-13,18-19,21-22,26,32H,7-11,14-17H2,1-6H3,(H,33,37)/t21-,26-/m0/s1. The lowest BCUT2D eigenvalue weighted by Crippen LogP contribution is -2.59. The average molecular weight is 568 g/mol. The summed E-state index contributed by atoms with van der Waals surface area (Å²) in [5.74, 6) is -0.510. The number of carbonyl (C=O) groups is 4. The van der Waals surface area contributed by atoms with E-state index >= 15 is 0 Å². The van der Waals surface area contributed by atoms with E-state index < -0.39 is 23.8 Å². The number of aromatic nitrogens is 1. The zero-order valence-corrected chi connectivity index (χ0v) is 25.3. The molecule has 0 bridgehead atoms. The molecule has 1 aromatic carbocycles. The summed E-state index contributed by atoms with van der Waals surface area (Å²) in [6.07, 6.45) is 4.31. The SMILES string of the molecule is Cc1cc2cc(C(=O)N3CCN(C(=O)[C@@H](NC(=O)[C@H](C)N(C)C(=O)OC(C)(C)C)C4CCCCC4)CC3)ccc2[nH]1. The van der Waals surface area contributed by atoms with Gasteiger partial charge in [0.25, 0.3) is 5.91 Å². The number of rotatable bonds is 6. The van der Waals surface area contributed by atoms with Gasteiger partial charge in [-0.25, -0.2) is 4.79 Å². The predicted molar refractivity (Wildman–Crippen MR) is 157 cm³/mol. The normalized spacial score (nSPS) is 18.1. The van der Waals surface area contributed by atoms with Crippen molar-refractivity contribution >= 4 is 34.7 Å². The third-order valence-electron chi connectivity index (χ3n) is 8.21. The van der Waals surface area contributed by atoms with E-state index in [1.807, 2.05) is 31.2 Å². The molecule has 2 N–H and O–H groups in total. The quantitative estimate of drug-likeness (QED) is 0.546. The molecular weight excluding hydrogens is 522 g/mol. The van der Waals surface area contributed by atoms with Crippen molar-refractivity contribution in [1.82, 2.24) is 25.0 Å². The molecule has 2 atom stereocenters. The minimum absolute atomic E-state index is 0.0374. The van der Waals surface area contributed by atoms with Crippen LogP contribution in [0.5, 0.6) is 0 Å². The van der Waals surface area contributed by atoms with Crippen LogP contribution in [0.2, 0.25) is 0 Å². The first-order valence-electron chi connectivity index (χ1n) is 14.8. The highest BCUT2D eigenvalue weighted by Crippen LogP contribution is 2.28. The third-order valence-corrected chi connectivity index (χ3v) is 8.21. The van der Waals surface area contributed by atoms with E-state index in [0.717, 1.165) is 48.7 Å². The maximum absolute atomic E-state index is 13.8. The molecule has 1 saturated carbocycles. The molecule has 2 heterocycles. The third kappa shape index (κ3) is 7.40. The van der Waals surface area contributed by atoms with E-state index in [4.69, 9.17) is 4.74 Å². The molecular formula is C31H45N5O5. The Bertz CT molecular complexity index is 1270. The smallest absolute Gasteiger partial charge is 0.410 e. The number of benzene rings is 1. The number of amides is 4. The van der Waals surface area contributed by atoms with Crippen LogP contribution in [0, 0.1) is 12.8 Å². The zero-order valence-electron chi connectivity index (χ0n) is 25.3. The minimum atomic E-state index is -0.806. The topological polar surface area (TPSA) is 115 Å². The van der Waals surface area contributed by atoms with Crippen LogP contribution in [0.3, 0.4) is 0 Å². The molecule has 1 aromatic heterocycles. The number of nitrogens with zero attached hydrogens (tertiary/aromatic N) is 3. The van der Waals surface area contributed by atoms with Crippen molar-refractivity contribution in [2.45, 2.75) is 84.4 Å². The Kier molecular flexibility index (Phi) is 9.29. The first-order chi connectivity index (χ1) is 19.3. The van der Waals surface area contributed by atoms with Crippen molar-refractivity contribution in [1.29, 1.82) is 0 Å². The lowest BCUT2D eigenvalue weighted by Gasteiger charge is -2.39. The van der Waals surface area contributed by atoms with Gasteiger partial charge < -0.3 is 24.8 Å². The first-order valence-corrected chi connectivity index (χ1v) is 14.8. The first kappa shape index (κ1) is 30.4. The van der Waals surface area contributed by atoms with Crippen molar-refractivity contribution in [3.8, 4) is 0 Å². The van der Waals surface area contributed by atoms with Crippen molar-refractivity contribution in [3.63, 3.8) is 0 Å². The van der Waals surface area contributed by atoms with Crippen LogP contribution in [-0.2, 0) is 14.3 Å². The molecule has 0 unspecified atom stereocenters. The predicted octanol–water partition coefficient (Wildman–Crippen LogP) is 4.08. The molecule has 1 aliphatic heterocycles. The largest absolute Gasteiger partial charge is 0.444 e. The number of ether oxygens (including phenoxy) is 1. The van der Waals surface area contributed by atoms with Crippen LogP contribution in [0.1, 0.15) is 75.9 Å². The van der Waals surface area contributed by atoms with Gasteiger partial charge in [-0.1, -0.05) is 19.3 Å². The van der Waals surface area contributed by atoms with E-state index in [2.05, 4.69) is 10.3 Å². The molecule has 0 radical (unpaired) electrons. The second-order valence-corrected chi connectivity index (χ2v) is 12.5. The fourth-order valence-corrected chi connectivity index (χ4v) is 5.71. The van der Waals surface area contributed by atoms with Crippen molar-refractivity contribution in [2.75, 3.05) is 33.2 Å². The monoisotopic (exact) mass is 567 g/mol. The van der Waals surface area contributed by atoms with Crippen LogP contribution < -0.4 is 5.32 Å². The maximum Gasteiger partial charge on any atom is 0.410 e. The molecule has 41 heavy (non-hydrogen) atoms. The minimum Gasteiger partial charge on any atom is -0.444 e. The molecule has 2 aromatic rings. The Labute approximate surface area is 242 Å². The van der Waals surface area contributed by atoms with Crippen LogP contribution >= 0.6 is 0 Å². The Morgan fingerprint density at radius 2 is 1.63 bits per heavy atom. The molecule has 10 nitrogen and oxygen atoms in total. The second kappa shape index (κ2) is 12.5. The lowest BCUT2D eigenvalue weighted by molar-refractivity contribution is -0.140. The molecule has 10 heteroatoms. The Morgan fingerprint density at radius 1 is 1.00 bits per heavy atom. The number of aromatic amines is 1. The number of hydrogen-bond acceptors (Lipinski definition) is 5. The highest BCUT2D eigenvalue weighted by atomic mass is 16.6. The number of hydrogen-bond donors (Lipinski definition) is 2. The fraction of sp³-hybridized carbons (Fsp3) is 0.613. The van der Waals surface area contributed by atoms with Crippen LogP contribution in [0.25, 0.3) is 10.9 Å². The number of fused-ring (bicyclic) bond motifs is 1. The summed E-state index contributed by atoms with van der Waals surface area (Å²) in [7, 11) is 1.53. The van der Waals surface area contributed by atoms with Crippen LogP contribution in [0.4, 0.5) is 4.79 Å². The van der Waals surface area contributed by atoms with Gasteiger partial charge in [-0.3, -0.25) is 19.3 Å². The molecule has 4 rings (SSSR count). The molecule has 224 valence electrons. The second-order valence-electron chi connectivity index (χ2n) is 12.5. The van der Waals surface area contributed by atoms with Crippen LogP contribution in [0.15, 0.2) is 24.3 Å². The average Bonchev–Trinajstić information content (AvgIpc) is 3.33.